The monoisotopic (exact) mass is 261 g/mol. The first-order valence-electron chi connectivity index (χ1n) is 6.85. The topological polar surface area (TPSA) is 49.6 Å². The maximum atomic E-state index is 12.2. The summed E-state index contributed by atoms with van der Waals surface area (Å²) in [5, 5.41) is 0. The third-order valence-electron chi connectivity index (χ3n) is 3.92. The second-order valence-corrected chi connectivity index (χ2v) is 5.47. The van der Waals surface area contributed by atoms with Crippen molar-refractivity contribution in [1.29, 1.82) is 0 Å². The quantitative estimate of drug-likeness (QED) is 0.833. The minimum Gasteiger partial charge on any atom is -0.399 e. The lowest BCUT2D eigenvalue weighted by molar-refractivity contribution is -0.129. The van der Waals surface area contributed by atoms with Crippen LogP contribution < -0.4 is 5.73 Å². The fourth-order valence-corrected chi connectivity index (χ4v) is 2.57. The van der Waals surface area contributed by atoms with Crippen molar-refractivity contribution in [2.45, 2.75) is 25.3 Å². The average molecular weight is 261 g/mol. The highest BCUT2D eigenvalue weighted by atomic mass is 16.2. The van der Waals surface area contributed by atoms with Gasteiger partial charge < -0.3 is 15.5 Å². The average Bonchev–Trinajstić information content (AvgIpc) is 2.78. The lowest BCUT2D eigenvalue weighted by atomic mass is 10.1. The molecule has 1 saturated heterocycles. The summed E-state index contributed by atoms with van der Waals surface area (Å²) < 4.78 is 0. The molecule has 1 aromatic rings. The molecule has 1 fully saturated rings. The number of likely N-dealkylation sites (tertiary alicyclic amines) is 1. The number of likely N-dealkylation sites (N-methyl/N-ethyl adjacent to an activating group) is 2. The Labute approximate surface area is 115 Å². The van der Waals surface area contributed by atoms with Crippen LogP contribution in [0.3, 0.4) is 0 Å². The van der Waals surface area contributed by atoms with Crippen LogP contribution in [0.15, 0.2) is 24.3 Å². The van der Waals surface area contributed by atoms with Crippen LogP contribution >= 0.6 is 0 Å². The molecule has 1 heterocycles. The number of amides is 1. The zero-order valence-electron chi connectivity index (χ0n) is 11.8. The highest BCUT2D eigenvalue weighted by molar-refractivity contribution is 5.78. The first-order valence-corrected chi connectivity index (χ1v) is 6.85. The zero-order chi connectivity index (χ0) is 13.8. The fraction of sp³-hybridized carbons (Fsp3) is 0.533. The number of carbonyl (C=O) groups excluding carboxylic acids is 1. The van der Waals surface area contributed by atoms with Crippen LogP contribution in [0, 0.1) is 0 Å². The smallest absolute Gasteiger partial charge is 0.226 e. The molecule has 19 heavy (non-hydrogen) atoms. The van der Waals surface area contributed by atoms with Gasteiger partial charge in [-0.15, -0.1) is 0 Å². The standard InChI is InChI=1S/C15H23N3O/c1-17-9-3-4-14(17)11-18(2)15(19)10-12-5-7-13(16)8-6-12/h5-8,14H,3-4,9-11,16H2,1-2H3. The van der Waals surface area contributed by atoms with Crippen molar-refractivity contribution in [2.75, 3.05) is 32.9 Å². The summed E-state index contributed by atoms with van der Waals surface area (Å²) in [5.74, 6) is 0.171. The van der Waals surface area contributed by atoms with Gasteiger partial charge in [-0.1, -0.05) is 12.1 Å². The van der Waals surface area contributed by atoms with Crippen molar-refractivity contribution in [1.82, 2.24) is 9.80 Å². The third kappa shape index (κ3) is 3.70. The Bertz CT molecular complexity index is 430. The lowest BCUT2D eigenvalue weighted by Crippen LogP contribution is -2.40. The summed E-state index contributed by atoms with van der Waals surface area (Å²) in [6.45, 7) is 1.97. The second-order valence-electron chi connectivity index (χ2n) is 5.47. The second kappa shape index (κ2) is 6.06. The summed E-state index contributed by atoms with van der Waals surface area (Å²) >= 11 is 0. The molecule has 0 aromatic heterocycles. The van der Waals surface area contributed by atoms with Crippen molar-refractivity contribution in [3.63, 3.8) is 0 Å². The van der Waals surface area contributed by atoms with Crippen LogP contribution in [0.1, 0.15) is 18.4 Å². The minimum atomic E-state index is 0.171. The summed E-state index contributed by atoms with van der Waals surface area (Å²) in [7, 11) is 4.03. The van der Waals surface area contributed by atoms with Crippen molar-refractivity contribution in [3.8, 4) is 0 Å². The van der Waals surface area contributed by atoms with Gasteiger partial charge in [0.05, 0.1) is 6.42 Å². The van der Waals surface area contributed by atoms with E-state index in [4.69, 9.17) is 5.73 Å². The Balaban J connectivity index is 1.86. The summed E-state index contributed by atoms with van der Waals surface area (Å²) in [6, 6.07) is 8.03. The van der Waals surface area contributed by atoms with E-state index in [0.717, 1.165) is 24.3 Å². The number of carbonyl (C=O) groups is 1. The molecule has 1 unspecified atom stereocenters. The van der Waals surface area contributed by atoms with Crippen molar-refractivity contribution >= 4 is 11.6 Å². The Kier molecular flexibility index (Phi) is 4.43. The van der Waals surface area contributed by atoms with Crippen molar-refractivity contribution in [3.05, 3.63) is 29.8 Å². The predicted molar refractivity (Wildman–Crippen MR) is 77.8 cm³/mol. The van der Waals surface area contributed by atoms with E-state index in [0.29, 0.717) is 12.5 Å². The maximum Gasteiger partial charge on any atom is 0.226 e. The summed E-state index contributed by atoms with van der Waals surface area (Å²) in [4.78, 5) is 16.4. The number of rotatable bonds is 4. The normalized spacial score (nSPS) is 19.6. The van der Waals surface area contributed by atoms with Crippen LogP contribution in [0.5, 0.6) is 0 Å². The van der Waals surface area contributed by atoms with Gasteiger partial charge in [-0.05, 0) is 44.1 Å². The zero-order valence-corrected chi connectivity index (χ0v) is 11.8. The fourth-order valence-electron chi connectivity index (χ4n) is 2.57. The molecule has 1 atom stereocenters. The van der Waals surface area contributed by atoms with Crippen LogP contribution in [-0.4, -0.2) is 48.9 Å². The van der Waals surface area contributed by atoms with E-state index in [1.54, 1.807) is 0 Å². The highest BCUT2D eigenvalue weighted by Gasteiger charge is 2.23. The predicted octanol–water partition coefficient (Wildman–Crippen LogP) is 1.36. The van der Waals surface area contributed by atoms with Gasteiger partial charge in [0.1, 0.15) is 0 Å². The van der Waals surface area contributed by atoms with Crippen LogP contribution in [0.25, 0.3) is 0 Å². The van der Waals surface area contributed by atoms with Gasteiger partial charge >= 0.3 is 0 Å². The van der Waals surface area contributed by atoms with E-state index in [1.807, 2.05) is 36.2 Å². The van der Waals surface area contributed by atoms with Crippen molar-refractivity contribution < 1.29 is 4.79 Å². The molecule has 1 aromatic carbocycles. The molecule has 1 aliphatic heterocycles. The number of nitrogens with two attached hydrogens (primary N) is 1. The molecule has 2 N–H and O–H groups in total. The molecule has 0 spiro atoms. The number of hydrogen-bond acceptors (Lipinski definition) is 3. The molecule has 1 amide bonds. The maximum absolute atomic E-state index is 12.2. The van der Waals surface area contributed by atoms with Gasteiger partial charge in [0.25, 0.3) is 0 Å². The first kappa shape index (κ1) is 13.9. The summed E-state index contributed by atoms with van der Waals surface area (Å²) in [6.07, 6.45) is 2.88. The van der Waals surface area contributed by atoms with Gasteiger partial charge in [-0.2, -0.15) is 0 Å². The van der Waals surface area contributed by atoms with Crippen LogP contribution in [0.4, 0.5) is 5.69 Å². The molecule has 0 radical (unpaired) electrons. The Morgan fingerprint density at radius 3 is 2.68 bits per heavy atom. The highest BCUT2D eigenvalue weighted by Crippen LogP contribution is 2.16. The molecule has 104 valence electrons. The Morgan fingerprint density at radius 2 is 2.11 bits per heavy atom. The van der Waals surface area contributed by atoms with Gasteiger partial charge in [-0.25, -0.2) is 0 Å². The first-order chi connectivity index (χ1) is 9.06. The number of nitrogens with zero attached hydrogens (tertiary/aromatic N) is 2. The van der Waals surface area contributed by atoms with E-state index >= 15 is 0 Å². The summed E-state index contributed by atoms with van der Waals surface area (Å²) in [5.41, 5.74) is 7.39. The van der Waals surface area contributed by atoms with Gasteiger partial charge in [0.2, 0.25) is 5.91 Å². The Hall–Kier alpha value is -1.55. The van der Waals surface area contributed by atoms with Gasteiger partial charge in [0.15, 0.2) is 0 Å². The number of benzene rings is 1. The lowest BCUT2D eigenvalue weighted by Gasteiger charge is -2.26. The van der Waals surface area contributed by atoms with Gasteiger partial charge in [0, 0.05) is 25.3 Å². The molecular weight excluding hydrogens is 238 g/mol. The number of hydrogen-bond donors (Lipinski definition) is 1. The van der Waals surface area contributed by atoms with Crippen LogP contribution in [0.2, 0.25) is 0 Å². The van der Waals surface area contributed by atoms with E-state index in [9.17, 15) is 4.79 Å². The Morgan fingerprint density at radius 1 is 1.42 bits per heavy atom. The molecular formula is C15H23N3O. The molecule has 1 aliphatic rings. The molecule has 0 aliphatic carbocycles. The van der Waals surface area contributed by atoms with E-state index in [-0.39, 0.29) is 5.91 Å². The SMILES string of the molecule is CN(CC1CCCN1C)C(=O)Cc1ccc(N)cc1. The molecule has 2 rings (SSSR count). The largest absolute Gasteiger partial charge is 0.399 e. The molecule has 0 bridgehead atoms. The van der Waals surface area contributed by atoms with Gasteiger partial charge in [-0.3, -0.25) is 4.79 Å². The third-order valence-corrected chi connectivity index (χ3v) is 3.92. The van der Waals surface area contributed by atoms with E-state index < -0.39 is 0 Å². The number of nitrogen functional groups attached to an aromatic ring is 1. The number of anilines is 1. The van der Waals surface area contributed by atoms with Crippen LogP contribution in [-0.2, 0) is 11.2 Å². The van der Waals surface area contributed by atoms with Crippen molar-refractivity contribution in [2.24, 2.45) is 0 Å². The minimum absolute atomic E-state index is 0.171. The van der Waals surface area contributed by atoms with E-state index in [1.165, 1.54) is 12.8 Å². The molecule has 4 nitrogen and oxygen atoms in total. The molecule has 4 heteroatoms. The molecule has 0 saturated carbocycles. The van der Waals surface area contributed by atoms with E-state index in [2.05, 4.69) is 11.9 Å².